The van der Waals surface area contributed by atoms with Crippen LogP contribution in [0.4, 0.5) is 5.95 Å². The topological polar surface area (TPSA) is 32.3 Å². The number of aromatic nitrogens is 2. The first kappa shape index (κ1) is 14.3. The van der Waals surface area contributed by atoms with Crippen molar-refractivity contribution in [3.05, 3.63) is 41.0 Å². The van der Waals surface area contributed by atoms with Gasteiger partial charge in [0.2, 0.25) is 5.95 Å². The van der Waals surface area contributed by atoms with Crippen LogP contribution in [-0.2, 0) is 0 Å². The summed E-state index contributed by atoms with van der Waals surface area (Å²) >= 11 is 6.33. The Morgan fingerprint density at radius 1 is 1.00 bits per heavy atom. The van der Waals surface area contributed by atoms with Crippen LogP contribution in [0.2, 0.25) is 5.15 Å². The number of halogens is 1. The van der Waals surface area contributed by atoms with E-state index in [4.69, 9.17) is 16.6 Å². The van der Waals surface area contributed by atoms with Crippen LogP contribution in [0, 0.1) is 6.92 Å². The van der Waals surface area contributed by atoms with Crippen LogP contribution < -0.4 is 4.90 Å². The van der Waals surface area contributed by atoms with Gasteiger partial charge in [-0.1, -0.05) is 41.9 Å². The predicted octanol–water partition coefficient (Wildman–Crippen LogP) is 2.86. The summed E-state index contributed by atoms with van der Waals surface area (Å²) in [5, 5.41) is 0.540. The molecule has 21 heavy (non-hydrogen) atoms. The highest BCUT2D eigenvalue weighted by atomic mass is 35.5. The monoisotopic (exact) mass is 302 g/mol. The third-order valence-corrected chi connectivity index (χ3v) is 4.28. The van der Waals surface area contributed by atoms with Crippen molar-refractivity contribution < 1.29 is 0 Å². The summed E-state index contributed by atoms with van der Waals surface area (Å²) in [7, 11) is 2.13. The molecule has 0 saturated carbocycles. The van der Waals surface area contributed by atoms with E-state index in [1.54, 1.807) is 0 Å². The van der Waals surface area contributed by atoms with Gasteiger partial charge < -0.3 is 9.80 Å². The number of likely N-dealkylation sites (N-methyl/N-ethyl adjacent to an activating group) is 1. The molecule has 3 rings (SSSR count). The van der Waals surface area contributed by atoms with Crippen molar-refractivity contribution >= 4 is 17.5 Å². The molecule has 0 N–H and O–H groups in total. The number of piperazine rings is 1. The molecule has 1 fully saturated rings. The van der Waals surface area contributed by atoms with Gasteiger partial charge in [-0.15, -0.1) is 0 Å². The van der Waals surface area contributed by atoms with E-state index in [2.05, 4.69) is 34.0 Å². The Balaban J connectivity index is 1.98. The molecule has 2 heterocycles. The second kappa shape index (κ2) is 6.00. The van der Waals surface area contributed by atoms with E-state index < -0.39 is 0 Å². The smallest absolute Gasteiger partial charge is 0.227 e. The van der Waals surface area contributed by atoms with Crippen molar-refractivity contribution in [3.63, 3.8) is 0 Å². The number of benzene rings is 1. The quantitative estimate of drug-likeness (QED) is 0.799. The second-order valence-corrected chi connectivity index (χ2v) is 5.80. The zero-order chi connectivity index (χ0) is 14.8. The zero-order valence-corrected chi connectivity index (χ0v) is 13.1. The Kier molecular flexibility index (Phi) is 4.08. The van der Waals surface area contributed by atoms with Crippen LogP contribution in [0.5, 0.6) is 0 Å². The summed E-state index contributed by atoms with van der Waals surface area (Å²) in [6.45, 7) is 5.89. The van der Waals surface area contributed by atoms with Crippen molar-refractivity contribution in [2.75, 3.05) is 38.1 Å². The molecule has 0 radical (unpaired) electrons. The number of anilines is 1. The third kappa shape index (κ3) is 3.01. The normalized spacial score (nSPS) is 16.2. The maximum absolute atomic E-state index is 6.33. The molecule has 5 heteroatoms. The van der Waals surface area contributed by atoms with Crippen molar-refractivity contribution in [2.45, 2.75) is 6.92 Å². The first-order chi connectivity index (χ1) is 10.1. The molecule has 2 aromatic rings. The molecule has 1 aliphatic heterocycles. The minimum atomic E-state index is 0.540. The molecule has 0 bridgehead atoms. The van der Waals surface area contributed by atoms with Gasteiger partial charge in [0, 0.05) is 37.3 Å². The van der Waals surface area contributed by atoms with Gasteiger partial charge in [0.15, 0.2) is 0 Å². The van der Waals surface area contributed by atoms with Gasteiger partial charge in [-0.25, -0.2) is 9.97 Å². The van der Waals surface area contributed by atoms with Crippen molar-refractivity contribution in [2.24, 2.45) is 0 Å². The van der Waals surface area contributed by atoms with E-state index in [0.29, 0.717) is 5.15 Å². The molecular weight excluding hydrogens is 284 g/mol. The van der Waals surface area contributed by atoms with E-state index in [9.17, 15) is 0 Å². The molecule has 1 saturated heterocycles. The summed E-state index contributed by atoms with van der Waals surface area (Å²) < 4.78 is 0. The van der Waals surface area contributed by atoms with Gasteiger partial charge in [0.25, 0.3) is 0 Å². The van der Waals surface area contributed by atoms with E-state index in [1.807, 2.05) is 25.1 Å². The first-order valence-electron chi connectivity index (χ1n) is 7.18. The first-order valence-corrected chi connectivity index (χ1v) is 7.56. The molecule has 0 amide bonds. The standard InChI is InChI=1S/C16H19ClN4/c1-12-14(13-6-4-3-5-7-13)18-16(19-15(12)17)21-10-8-20(2)9-11-21/h3-7H,8-11H2,1-2H3. The lowest BCUT2D eigenvalue weighted by Gasteiger charge is -2.32. The number of rotatable bonds is 2. The molecule has 0 spiro atoms. The van der Waals surface area contributed by atoms with Gasteiger partial charge in [0.1, 0.15) is 5.15 Å². The highest BCUT2D eigenvalue weighted by Gasteiger charge is 2.19. The lowest BCUT2D eigenvalue weighted by atomic mass is 10.1. The van der Waals surface area contributed by atoms with Gasteiger partial charge in [0.05, 0.1) is 5.69 Å². The molecule has 1 aromatic heterocycles. The third-order valence-electron chi connectivity index (χ3n) is 3.91. The van der Waals surface area contributed by atoms with Crippen LogP contribution in [0.1, 0.15) is 5.56 Å². The van der Waals surface area contributed by atoms with Crippen LogP contribution in [-0.4, -0.2) is 48.1 Å². The Morgan fingerprint density at radius 2 is 1.67 bits per heavy atom. The summed E-state index contributed by atoms with van der Waals surface area (Å²) in [6, 6.07) is 10.1. The summed E-state index contributed by atoms with van der Waals surface area (Å²) in [5.74, 6) is 0.734. The maximum atomic E-state index is 6.33. The molecule has 0 unspecified atom stereocenters. The zero-order valence-electron chi connectivity index (χ0n) is 12.4. The van der Waals surface area contributed by atoms with Gasteiger partial charge in [-0.2, -0.15) is 0 Å². The molecular formula is C16H19ClN4. The van der Waals surface area contributed by atoms with Crippen LogP contribution in [0.15, 0.2) is 30.3 Å². The fourth-order valence-corrected chi connectivity index (χ4v) is 2.67. The fourth-order valence-electron chi connectivity index (χ4n) is 2.50. The number of hydrogen-bond acceptors (Lipinski definition) is 4. The molecule has 110 valence electrons. The van der Waals surface area contributed by atoms with Crippen LogP contribution in [0.3, 0.4) is 0 Å². The Bertz CT molecular complexity index is 622. The van der Waals surface area contributed by atoms with Gasteiger partial charge in [-0.3, -0.25) is 0 Å². The molecule has 0 atom stereocenters. The SMILES string of the molecule is Cc1c(Cl)nc(N2CCN(C)CC2)nc1-c1ccccc1. The molecule has 0 aliphatic carbocycles. The van der Waals surface area contributed by atoms with Crippen molar-refractivity contribution in [1.82, 2.24) is 14.9 Å². The van der Waals surface area contributed by atoms with E-state index in [-0.39, 0.29) is 0 Å². The number of hydrogen-bond donors (Lipinski definition) is 0. The van der Waals surface area contributed by atoms with Crippen molar-refractivity contribution in [1.29, 1.82) is 0 Å². The van der Waals surface area contributed by atoms with E-state index in [0.717, 1.165) is 48.9 Å². The Labute approximate surface area is 130 Å². The largest absolute Gasteiger partial charge is 0.338 e. The average molecular weight is 303 g/mol. The minimum absolute atomic E-state index is 0.540. The number of nitrogens with zero attached hydrogens (tertiary/aromatic N) is 4. The Hall–Kier alpha value is -1.65. The van der Waals surface area contributed by atoms with Gasteiger partial charge in [-0.05, 0) is 14.0 Å². The predicted molar refractivity (Wildman–Crippen MR) is 86.9 cm³/mol. The van der Waals surface area contributed by atoms with E-state index in [1.165, 1.54) is 0 Å². The van der Waals surface area contributed by atoms with Crippen LogP contribution in [0.25, 0.3) is 11.3 Å². The second-order valence-electron chi connectivity index (χ2n) is 5.44. The lowest BCUT2D eigenvalue weighted by Crippen LogP contribution is -2.45. The van der Waals surface area contributed by atoms with Crippen molar-refractivity contribution in [3.8, 4) is 11.3 Å². The maximum Gasteiger partial charge on any atom is 0.227 e. The molecule has 1 aromatic carbocycles. The minimum Gasteiger partial charge on any atom is -0.338 e. The highest BCUT2D eigenvalue weighted by Crippen LogP contribution is 2.28. The Morgan fingerprint density at radius 3 is 2.33 bits per heavy atom. The lowest BCUT2D eigenvalue weighted by molar-refractivity contribution is 0.311. The highest BCUT2D eigenvalue weighted by molar-refractivity contribution is 6.30. The summed E-state index contributed by atoms with van der Waals surface area (Å²) in [4.78, 5) is 13.7. The average Bonchev–Trinajstić information content (AvgIpc) is 2.51. The summed E-state index contributed by atoms with van der Waals surface area (Å²) in [6.07, 6.45) is 0. The van der Waals surface area contributed by atoms with Crippen LogP contribution >= 0.6 is 11.6 Å². The van der Waals surface area contributed by atoms with Gasteiger partial charge >= 0.3 is 0 Å². The van der Waals surface area contributed by atoms with E-state index >= 15 is 0 Å². The molecule has 4 nitrogen and oxygen atoms in total. The molecule has 1 aliphatic rings. The summed E-state index contributed by atoms with van der Waals surface area (Å²) in [5.41, 5.74) is 2.93. The fraction of sp³-hybridized carbons (Fsp3) is 0.375.